The van der Waals surface area contributed by atoms with Crippen LogP contribution in [0, 0.1) is 5.92 Å². The zero-order chi connectivity index (χ0) is 13.9. The van der Waals surface area contributed by atoms with Gasteiger partial charge in [-0.05, 0) is 40.8 Å². The number of halogens is 2. The van der Waals surface area contributed by atoms with E-state index in [0.29, 0.717) is 15.4 Å². The molecule has 1 aliphatic carbocycles. The number of thiophene rings is 1. The number of hydrogen-bond donors (Lipinski definition) is 1. The lowest BCUT2D eigenvalue weighted by atomic mass is 10.0. The van der Waals surface area contributed by atoms with Crippen molar-refractivity contribution in [1.29, 1.82) is 0 Å². The number of rotatable bonds is 6. The van der Waals surface area contributed by atoms with Crippen LogP contribution in [-0.4, -0.2) is 15.0 Å². The van der Waals surface area contributed by atoms with Crippen LogP contribution in [0.2, 0.25) is 5.02 Å². The van der Waals surface area contributed by atoms with E-state index in [-0.39, 0.29) is 4.21 Å². The van der Waals surface area contributed by atoms with Gasteiger partial charge in [-0.3, -0.25) is 0 Å². The number of nitrogens with one attached hydrogen (secondary N) is 1. The predicted molar refractivity (Wildman–Crippen MR) is 83.4 cm³/mol. The van der Waals surface area contributed by atoms with Gasteiger partial charge in [0.1, 0.15) is 4.21 Å². The van der Waals surface area contributed by atoms with Gasteiger partial charge in [0.05, 0.1) is 8.81 Å². The molecule has 0 spiro atoms. The molecule has 0 unspecified atom stereocenters. The van der Waals surface area contributed by atoms with Gasteiger partial charge in [-0.25, -0.2) is 13.1 Å². The standard InChI is InChI=1S/C12H17BrClNO2S2/c13-12-10(14)8-11(18-12)19(16,17)15-7-3-6-9-4-1-2-5-9/h8-9,15H,1-7H2. The van der Waals surface area contributed by atoms with Gasteiger partial charge >= 0.3 is 0 Å². The molecule has 2 rings (SSSR count). The molecule has 1 aromatic heterocycles. The van der Waals surface area contributed by atoms with E-state index in [1.807, 2.05) is 0 Å². The molecule has 108 valence electrons. The monoisotopic (exact) mass is 385 g/mol. The summed E-state index contributed by atoms with van der Waals surface area (Å²) in [7, 11) is -3.40. The molecule has 19 heavy (non-hydrogen) atoms. The second kappa shape index (κ2) is 6.89. The van der Waals surface area contributed by atoms with Crippen LogP contribution in [0.3, 0.4) is 0 Å². The Morgan fingerprint density at radius 1 is 1.42 bits per heavy atom. The third kappa shape index (κ3) is 4.43. The van der Waals surface area contributed by atoms with Gasteiger partial charge in [-0.15, -0.1) is 11.3 Å². The third-order valence-electron chi connectivity index (χ3n) is 3.44. The largest absolute Gasteiger partial charge is 0.250 e. The van der Waals surface area contributed by atoms with Gasteiger partial charge in [0.15, 0.2) is 0 Å². The maximum atomic E-state index is 12.0. The zero-order valence-corrected chi connectivity index (χ0v) is 14.5. The summed E-state index contributed by atoms with van der Waals surface area (Å²) in [4.78, 5) is 0. The lowest BCUT2D eigenvalue weighted by Crippen LogP contribution is -2.24. The van der Waals surface area contributed by atoms with Gasteiger partial charge < -0.3 is 0 Å². The number of sulfonamides is 1. The van der Waals surface area contributed by atoms with Crippen molar-refractivity contribution in [2.24, 2.45) is 5.92 Å². The van der Waals surface area contributed by atoms with E-state index in [1.165, 1.54) is 31.7 Å². The Balaban J connectivity index is 1.80. The summed E-state index contributed by atoms with van der Waals surface area (Å²) in [6.45, 7) is 0.506. The Bertz CT molecular complexity index is 504. The van der Waals surface area contributed by atoms with E-state index in [4.69, 9.17) is 11.6 Å². The topological polar surface area (TPSA) is 46.2 Å². The van der Waals surface area contributed by atoms with Crippen LogP contribution in [0.25, 0.3) is 0 Å². The quantitative estimate of drug-likeness (QED) is 0.736. The molecule has 0 radical (unpaired) electrons. The Morgan fingerprint density at radius 2 is 2.11 bits per heavy atom. The molecular weight excluding hydrogens is 370 g/mol. The van der Waals surface area contributed by atoms with E-state index in [9.17, 15) is 8.42 Å². The van der Waals surface area contributed by atoms with Crippen LogP contribution in [-0.2, 0) is 10.0 Å². The molecule has 7 heteroatoms. The molecule has 0 saturated heterocycles. The highest BCUT2D eigenvalue weighted by molar-refractivity contribution is 9.11. The second-order valence-electron chi connectivity index (χ2n) is 4.88. The minimum atomic E-state index is -3.40. The molecule has 1 fully saturated rings. The summed E-state index contributed by atoms with van der Waals surface area (Å²) in [5, 5.41) is 0.441. The lowest BCUT2D eigenvalue weighted by Gasteiger charge is -2.09. The molecule has 0 aliphatic heterocycles. The van der Waals surface area contributed by atoms with E-state index in [1.54, 1.807) is 0 Å². The highest BCUT2D eigenvalue weighted by Crippen LogP contribution is 2.34. The fourth-order valence-electron chi connectivity index (χ4n) is 2.43. The van der Waals surface area contributed by atoms with Crippen molar-refractivity contribution >= 4 is 48.9 Å². The molecule has 1 heterocycles. The van der Waals surface area contributed by atoms with Crippen LogP contribution in [0.15, 0.2) is 14.1 Å². The van der Waals surface area contributed by atoms with Gasteiger partial charge in [-0.1, -0.05) is 37.3 Å². The molecule has 1 N–H and O–H groups in total. The van der Waals surface area contributed by atoms with Gasteiger partial charge in [-0.2, -0.15) is 0 Å². The summed E-state index contributed by atoms with van der Waals surface area (Å²) in [6.07, 6.45) is 7.30. The Labute approximate surface area is 131 Å². The van der Waals surface area contributed by atoms with Gasteiger partial charge in [0.25, 0.3) is 0 Å². The first kappa shape index (κ1) is 15.8. The molecule has 3 nitrogen and oxygen atoms in total. The van der Waals surface area contributed by atoms with E-state index in [2.05, 4.69) is 20.7 Å². The Morgan fingerprint density at radius 3 is 2.68 bits per heavy atom. The predicted octanol–water partition coefficient (Wildman–Crippen LogP) is 4.41. The van der Waals surface area contributed by atoms with Gasteiger partial charge in [0, 0.05) is 6.54 Å². The fourth-order valence-corrected chi connectivity index (χ4v) is 5.94. The van der Waals surface area contributed by atoms with Crippen LogP contribution in [0.5, 0.6) is 0 Å². The molecular formula is C12H17BrClNO2S2. The summed E-state index contributed by atoms with van der Waals surface area (Å²) in [6, 6.07) is 1.48. The zero-order valence-electron chi connectivity index (χ0n) is 10.5. The molecule has 1 aliphatic rings. The molecule has 0 atom stereocenters. The average molecular weight is 387 g/mol. The van der Waals surface area contributed by atoms with E-state index < -0.39 is 10.0 Å². The van der Waals surface area contributed by atoms with Crippen LogP contribution in [0.4, 0.5) is 0 Å². The van der Waals surface area contributed by atoms with Gasteiger partial charge in [0.2, 0.25) is 10.0 Å². The fraction of sp³-hybridized carbons (Fsp3) is 0.667. The Hall–Kier alpha value is 0.380. The summed E-state index contributed by atoms with van der Waals surface area (Å²) < 4.78 is 27.6. The third-order valence-corrected chi connectivity index (χ3v) is 7.85. The van der Waals surface area contributed by atoms with Crippen LogP contribution >= 0.6 is 38.9 Å². The molecule has 0 bridgehead atoms. The van der Waals surface area contributed by atoms with Crippen molar-refractivity contribution in [3.8, 4) is 0 Å². The highest BCUT2D eigenvalue weighted by atomic mass is 79.9. The SMILES string of the molecule is O=S(=O)(NCCCC1CCCC1)c1cc(Cl)c(Br)s1. The first-order chi connectivity index (χ1) is 8.99. The summed E-state index contributed by atoms with van der Waals surface area (Å²) in [5.41, 5.74) is 0. The average Bonchev–Trinajstić information content (AvgIpc) is 2.96. The summed E-state index contributed by atoms with van der Waals surface area (Å²) in [5.74, 6) is 0.801. The smallest absolute Gasteiger partial charge is 0.210 e. The molecule has 0 aromatic carbocycles. The van der Waals surface area contributed by atoms with Crippen molar-refractivity contribution < 1.29 is 8.42 Å². The maximum Gasteiger partial charge on any atom is 0.250 e. The van der Waals surface area contributed by atoms with Crippen molar-refractivity contribution in [1.82, 2.24) is 4.72 Å². The number of hydrogen-bond acceptors (Lipinski definition) is 3. The van der Waals surface area contributed by atoms with Crippen molar-refractivity contribution in [2.45, 2.75) is 42.7 Å². The summed E-state index contributed by atoms with van der Waals surface area (Å²) >= 11 is 10.2. The maximum absolute atomic E-state index is 12.0. The minimum absolute atomic E-state index is 0.269. The molecule has 1 saturated carbocycles. The van der Waals surface area contributed by atoms with Crippen molar-refractivity contribution in [2.75, 3.05) is 6.54 Å². The van der Waals surface area contributed by atoms with Crippen molar-refractivity contribution in [3.05, 3.63) is 14.9 Å². The lowest BCUT2D eigenvalue weighted by molar-refractivity contribution is 0.480. The van der Waals surface area contributed by atoms with Crippen LogP contribution in [0.1, 0.15) is 38.5 Å². The molecule has 1 aromatic rings. The second-order valence-corrected chi connectivity index (χ2v) is 9.65. The van der Waals surface area contributed by atoms with Crippen LogP contribution < -0.4 is 4.72 Å². The normalized spacial score (nSPS) is 17.2. The highest BCUT2D eigenvalue weighted by Gasteiger charge is 2.19. The Kier molecular flexibility index (Phi) is 5.72. The van der Waals surface area contributed by atoms with Crippen molar-refractivity contribution in [3.63, 3.8) is 0 Å². The first-order valence-corrected chi connectivity index (χ1v) is 9.90. The molecule has 0 amide bonds. The first-order valence-electron chi connectivity index (χ1n) is 6.43. The van der Waals surface area contributed by atoms with E-state index >= 15 is 0 Å². The minimum Gasteiger partial charge on any atom is -0.210 e. The van der Waals surface area contributed by atoms with E-state index in [0.717, 1.165) is 30.1 Å².